The summed E-state index contributed by atoms with van der Waals surface area (Å²) in [6, 6.07) is 9.02. The van der Waals surface area contributed by atoms with Crippen molar-refractivity contribution in [1.82, 2.24) is 19.6 Å². The number of urea groups is 1. The average molecular weight is 477 g/mol. The molecule has 0 saturated carbocycles. The van der Waals surface area contributed by atoms with Crippen molar-refractivity contribution < 1.29 is 18.4 Å². The summed E-state index contributed by atoms with van der Waals surface area (Å²) >= 11 is 0. The molecule has 3 heterocycles. The SMILES string of the molecule is CC(=O)c1ccc(NC(=O)Nc2nnc3cnc(N4CCC[C@@H]4c4cc(F)ccc4F)cn23)cc1. The Hall–Kier alpha value is -4.41. The lowest BCUT2D eigenvalue weighted by Gasteiger charge is -2.26. The van der Waals surface area contributed by atoms with Crippen molar-refractivity contribution >= 4 is 34.9 Å². The molecule has 1 saturated heterocycles. The van der Waals surface area contributed by atoms with Gasteiger partial charge in [0, 0.05) is 23.4 Å². The molecule has 9 nitrogen and oxygen atoms in total. The highest BCUT2D eigenvalue weighted by atomic mass is 19.1. The molecule has 2 aromatic carbocycles. The van der Waals surface area contributed by atoms with Crippen molar-refractivity contribution in [3.8, 4) is 0 Å². The predicted octanol–water partition coefficient (Wildman–Crippen LogP) is 4.59. The van der Waals surface area contributed by atoms with E-state index in [1.54, 1.807) is 34.9 Å². The third-order valence-corrected chi connectivity index (χ3v) is 5.92. The third kappa shape index (κ3) is 4.52. The topological polar surface area (TPSA) is 105 Å². The molecule has 0 bridgehead atoms. The van der Waals surface area contributed by atoms with Crippen molar-refractivity contribution in [2.75, 3.05) is 22.1 Å². The minimum Gasteiger partial charge on any atom is -0.348 e. The lowest BCUT2D eigenvalue weighted by molar-refractivity contribution is 0.101. The summed E-state index contributed by atoms with van der Waals surface area (Å²) in [5.74, 6) is -0.352. The number of ketones is 1. The number of fused-ring (bicyclic) bond motifs is 1. The van der Waals surface area contributed by atoms with E-state index in [1.807, 2.05) is 4.90 Å². The molecule has 0 aliphatic carbocycles. The zero-order valence-corrected chi connectivity index (χ0v) is 18.7. The van der Waals surface area contributed by atoms with Gasteiger partial charge < -0.3 is 10.2 Å². The molecule has 35 heavy (non-hydrogen) atoms. The van der Waals surface area contributed by atoms with Gasteiger partial charge in [-0.15, -0.1) is 10.2 Å². The van der Waals surface area contributed by atoms with Gasteiger partial charge in [0.15, 0.2) is 11.4 Å². The van der Waals surface area contributed by atoms with Crippen LogP contribution in [0.25, 0.3) is 5.65 Å². The molecule has 11 heteroatoms. The van der Waals surface area contributed by atoms with E-state index in [4.69, 9.17) is 0 Å². The van der Waals surface area contributed by atoms with Crippen LogP contribution in [0.3, 0.4) is 0 Å². The summed E-state index contributed by atoms with van der Waals surface area (Å²) in [4.78, 5) is 30.3. The second-order valence-corrected chi connectivity index (χ2v) is 8.23. The minimum absolute atomic E-state index is 0.0688. The van der Waals surface area contributed by atoms with E-state index in [0.29, 0.717) is 35.7 Å². The Morgan fingerprint density at radius 3 is 2.63 bits per heavy atom. The fourth-order valence-corrected chi connectivity index (χ4v) is 4.21. The van der Waals surface area contributed by atoms with Gasteiger partial charge in [0.25, 0.3) is 0 Å². The lowest BCUT2D eigenvalue weighted by atomic mass is 10.0. The molecular formula is C24H21F2N7O2. The standard InChI is InChI=1S/C24H21F2N7O2/c1-14(34)15-4-7-17(8-5-15)28-24(35)29-23-31-30-21-12-27-22(13-33(21)23)32-10-2-3-20(32)18-11-16(25)6-9-19(18)26/h4-9,11-13,20H,2-3,10H2,1H3,(H2,28,29,31,35)/t20-/m1/s1. The number of rotatable bonds is 5. The number of Topliss-reactive ketones (excluding diaryl/α,β-unsaturated/α-hetero) is 1. The molecule has 0 unspecified atom stereocenters. The number of hydrogen-bond donors (Lipinski definition) is 2. The monoisotopic (exact) mass is 477 g/mol. The van der Waals surface area contributed by atoms with Gasteiger partial charge in [-0.3, -0.25) is 14.5 Å². The predicted molar refractivity (Wildman–Crippen MR) is 126 cm³/mol. The van der Waals surface area contributed by atoms with Crippen molar-refractivity contribution in [3.05, 3.63) is 77.6 Å². The van der Waals surface area contributed by atoms with Crippen molar-refractivity contribution in [3.63, 3.8) is 0 Å². The molecule has 2 N–H and O–H groups in total. The molecule has 2 amide bonds. The summed E-state index contributed by atoms with van der Waals surface area (Å²) in [5, 5.41) is 13.4. The lowest BCUT2D eigenvalue weighted by Crippen LogP contribution is -2.25. The van der Waals surface area contributed by atoms with E-state index >= 15 is 0 Å². The van der Waals surface area contributed by atoms with Crippen LogP contribution in [0.2, 0.25) is 0 Å². The first-order chi connectivity index (χ1) is 16.9. The van der Waals surface area contributed by atoms with Gasteiger partial charge in [0.1, 0.15) is 17.5 Å². The first-order valence-corrected chi connectivity index (χ1v) is 11.0. The summed E-state index contributed by atoms with van der Waals surface area (Å²) in [5.41, 5.74) is 1.72. The van der Waals surface area contributed by atoms with Crippen LogP contribution < -0.4 is 15.5 Å². The number of nitrogens with one attached hydrogen (secondary N) is 2. The van der Waals surface area contributed by atoms with Gasteiger partial charge in [-0.05, 0) is 62.2 Å². The molecule has 4 aromatic rings. The Morgan fingerprint density at radius 2 is 1.86 bits per heavy atom. The van der Waals surface area contributed by atoms with Crippen molar-refractivity contribution in [2.24, 2.45) is 0 Å². The molecule has 1 aliphatic rings. The molecular weight excluding hydrogens is 456 g/mol. The van der Waals surface area contributed by atoms with E-state index in [0.717, 1.165) is 18.6 Å². The zero-order chi connectivity index (χ0) is 24.5. The van der Waals surface area contributed by atoms with E-state index in [9.17, 15) is 18.4 Å². The highest BCUT2D eigenvalue weighted by Gasteiger charge is 2.30. The fraction of sp³-hybridized carbons (Fsp3) is 0.208. The van der Waals surface area contributed by atoms with E-state index in [2.05, 4.69) is 25.8 Å². The van der Waals surface area contributed by atoms with Gasteiger partial charge in [-0.2, -0.15) is 0 Å². The number of carbonyl (C=O) groups is 2. The van der Waals surface area contributed by atoms with Crippen LogP contribution in [0.4, 0.5) is 31.0 Å². The minimum atomic E-state index is -0.547. The quantitative estimate of drug-likeness (QED) is 0.408. The highest BCUT2D eigenvalue weighted by Crippen LogP contribution is 2.36. The molecule has 5 rings (SSSR count). The normalized spacial score (nSPS) is 15.4. The zero-order valence-electron chi connectivity index (χ0n) is 18.7. The Bertz CT molecular complexity index is 1420. The van der Waals surface area contributed by atoms with Gasteiger partial charge in [0.05, 0.1) is 18.4 Å². The van der Waals surface area contributed by atoms with Crippen LogP contribution in [0.15, 0.2) is 54.9 Å². The maximum atomic E-state index is 14.5. The van der Waals surface area contributed by atoms with Crippen LogP contribution in [0, 0.1) is 11.6 Å². The number of carbonyl (C=O) groups excluding carboxylic acids is 2. The van der Waals surface area contributed by atoms with E-state index < -0.39 is 17.7 Å². The molecule has 1 fully saturated rings. The summed E-state index contributed by atoms with van der Waals surface area (Å²) in [6.07, 6.45) is 4.60. The van der Waals surface area contributed by atoms with Crippen molar-refractivity contribution in [1.29, 1.82) is 0 Å². The number of nitrogens with zero attached hydrogens (tertiary/aromatic N) is 5. The van der Waals surface area contributed by atoms with Gasteiger partial charge in [-0.1, -0.05) is 0 Å². The van der Waals surface area contributed by atoms with Crippen LogP contribution in [0.5, 0.6) is 0 Å². The Kier molecular flexibility index (Phi) is 5.81. The van der Waals surface area contributed by atoms with E-state index in [-0.39, 0.29) is 23.3 Å². The fourth-order valence-electron chi connectivity index (χ4n) is 4.21. The maximum Gasteiger partial charge on any atom is 0.326 e. The van der Waals surface area contributed by atoms with Gasteiger partial charge >= 0.3 is 6.03 Å². The molecule has 1 atom stereocenters. The largest absolute Gasteiger partial charge is 0.348 e. The number of hydrogen-bond acceptors (Lipinski definition) is 6. The molecule has 0 spiro atoms. The van der Waals surface area contributed by atoms with E-state index in [1.165, 1.54) is 19.2 Å². The first kappa shape index (κ1) is 22.4. The maximum absolute atomic E-state index is 14.5. The smallest absolute Gasteiger partial charge is 0.326 e. The molecule has 178 valence electrons. The van der Waals surface area contributed by atoms with Crippen LogP contribution in [0.1, 0.15) is 41.7 Å². The first-order valence-electron chi connectivity index (χ1n) is 11.0. The number of benzene rings is 2. The molecule has 0 radical (unpaired) electrons. The summed E-state index contributed by atoms with van der Waals surface area (Å²) < 4.78 is 29.8. The highest BCUT2D eigenvalue weighted by molar-refractivity contribution is 5.99. The van der Waals surface area contributed by atoms with Crippen molar-refractivity contribution in [2.45, 2.75) is 25.8 Å². The second-order valence-electron chi connectivity index (χ2n) is 8.23. The number of halogens is 2. The summed E-state index contributed by atoms with van der Waals surface area (Å²) in [6.45, 7) is 2.08. The van der Waals surface area contributed by atoms with Crippen LogP contribution >= 0.6 is 0 Å². The molecule has 1 aliphatic heterocycles. The number of anilines is 3. The van der Waals surface area contributed by atoms with Crippen LogP contribution in [-0.2, 0) is 0 Å². The molecule has 2 aromatic heterocycles. The van der Waals surface area contributed by atoms with Gasteiger partial charge in [0.2, 0.25) is 5.95 Å². The number of amides is 2. The third-order valence-electron chi connectivity index (χ3n) is 5.92. The second kappa shape index (κ2) is 9.09. The average Bonchev–Trinajstić information content (AvgIpc) is 3.48. The Balaban J connectivity index is 1.37. The Morgan fingerprint density at radius 1 is 1.06 bits per heavy atom. The number of aromatic nitrogens is 4. The summed E-state index contributed by atoms with van der Waals surface area (Å²) in [7, 11) is 0. The van der Waals surface area contributed by atoms with Gasteiger partial charge in [-0.25, -0.2) is 18.6 Å². The van der Waals surface area contributed by atoms with Crippen LogP contribution in [-0.4, -0.2) is 37.9 Å². The Labute approximate surface area is 198 Å².